The molecule has 2 N–H and O–H groups in total. The fraction of sp³-hybridized carbons (Fsp3) is 0.263. The molecule has 0 spiro atoms. The van der Waals surface area contributed by atoms with Gasteiger partial charge in [0.2, 0.25) is 5.91 Å². The summed E-state index contributed by atoms with van der Waals surface area (Å²) in [6, 6.07) is 16.2. The van der Waals surface area contributed by atoms with Crippen molar-refractivity contribution in [3.8, 4) is 5.75 Å². The number of unbranched alkanes of at least 4 members (excludes halogenated alkanes) is 1. The van der Waals surface area contributed by atoms with E-state index in [1.54, 1.807) is 36.4 Å². The standard InChI is InChI=1S/C19H22N2O3/c1-2-3-12-18(22)20-15-8-7-9-16(13-15)21-19(23)14-24-17-10-5-4-6-11-17/h4-11,13H,2-3,12,14H2,1H3,(H,20,22)(H,21,23). The smallest absolute Gasteiger partial charge is 0.262 e. The van der Waals surface area contributed by atoms with Crippen molar-refractivity contribution < 1.29 is 14.3 Å². The second kappa shape index (κ2) is 9.35. The first kappa shape index (κ1) is 17.5. The van der Waals surface area contributed by atoms with Gasteiger partial charge in [0.25, 0.3) is 5.91 Å². The van der Waals surface area contributed by atoms with Crippen LogP contribution < -0.4 is 15.4 Å². The van der Waals surface area contributed by atoms with Crippen LogP contribution in [0.4, 0.5) is 11.4 Å². The number of amides is 2. The number of para-hydroxylation sites is 1. The van der Waals surface area contributed by atoms with Gasteiger partial charge in [0.1, 0.15) is 5.75 Å². The Labute approximate surface area is 142 Å². The topological polar surface area (TPSA) is 67.4 Å². The van der Waals surface area contributed by atoms with E-state index < -0.39 is 0 Å². The van der Waals surface area contributed by atoms with Gasteiger partial charge in [-0.1, -0.05) is 37.6 Å². The Morgan fingerprint density at radius 3 is 2.25 bits per heavy atom. The van der Waals surface area contributed by atoms with Crippen molar-refractivity contribution in [3.63, 3.8) is 0 Å². The molecule has 0 aliphatic rings. The van der Waals surface area contributed by atoms with Crippen LogP contribution in [0.2, 0.25) is 0 Å². The quantitative estimate of drug-likeness (QED) is 0.774. The van der Waals surface area contributed by atoms with Crippen molar-refractivity contribution in [2.45, 2.75) is 26.2 Å². The number of anilines is 2. The van der Waals surface area contributed by atoms with Crippen LogP contribution in [0, 0.1) is 0 Å². The summed E-state index contributed by atoms with van der Waals surface area (Å²) < 4.78 is 5.40. The molecule has 0 saturated carbocycles. The van der Waals surface area contributed by atoms with E-state index >= 15 is 0 Å². The van der Waals surface area contributed by atoms with Crippen LogP contribution >= 0.6 is 0 Å². The van der Waals surface area contributed by atoms with Crippen LogP contribution in [-0.4, -0.2) is 18.4 Å². The second-order valence-corrected chi connectivity index (χ2v) is 5.38. The third-order valence-electron chi connectivity index (χ3n) is 3.30. The number of carbonyl (C=O) groups is 2. The molecule has 0 unspecified atom stereocenters. The zero-order chi connectivity index (χ0) is 17.2. The first-order valence-corrected chi connectivity index (χ1v) is 8.05. The fourth-order valence-corrected chi connectivity index (χ4v) is 2.10. The van der Waals surface area contributed by atoms with E-state index in [2.05, 4.69) is 10.6 Å². The zero-order valence-corrected chi connectivity index (χ0v) is 13.7. The van der Waals surface area contributed by atoms with Crippen molar-refractivity contribution in [1.29, 1.82) is 0 Å². The van der Waals surface area contributed by atoms with E-state index in [1.165, 1.54) is 0 Å². The monoisotopic (exact) mass is 326 g/mol. The molecular weight excluding hydrogens is 304 g/mol. The van der Waals surface area contributed by atoms with E-state index in [-0.39, 0.29) is 18.4 Å². The Kier molecular flexibility index (Phi) is 6.83. The van der Waals surface area contributed by atoms with Crippen molar-refractivity contribution >= 4 is 23.2 Å². The molecule has 0 fully saturated rings. The molecule has 0 aliphatic carbocycles. The van der Waals surface area contributed by atoms with Crippen molar-refractivity contribution in [2.24, 2.45) is 0 Å². The predicted octanol–water partition coefficient (Wildman–Crippen LogP) is 3.83. The molecule has 126 valence electrons. The van der Waals surface area contributed by atoms with E-state index in [1.807, 2.05) is 25.1 Å². The highest BCUT2D eigenvalue weighted by molar-refractivity contribution is 5.94. The molecule has 0 bridgehead atoms. The van der Waals surface area contributed by atoms with Gasteiger partial charge in [0.15, 0.2) is 6.61 Å². The average molecular weight is 326 g/mol. The number of hydrogen-bond donors (Lipinski definition) is 2. The molecular formula is C19H22N2O3. The lowest BCUT2D eigenvalue weighted by molar-refractivity contribution is -0.118. The molecule has 0 atom stereocenters. The molecule has 0 radical (unpaired) electrons. The number of ether oxygens (including phenoxy) is 1. The first-order chi connectivity index (χ1) is 11.7. The lowest BCUT2D eigenvalue weighted by atomic mass is 10.2. The van der Waals surface area contributed by atoms with Crippen LogP contribution in [-0.2, 0) is 9.59 Å². The van der Waals surface area contributed by atoms with Gasteiger partial charge in [-0.3, -0.25) is 9.59 Å². The van der Waals surface area contributed by atoms with Gasteiger partial charge in [-0.25, -0.2) is 0 Å². The van der Waals surface area contributed by atoms with Gasteiger partial charge < -0.3 is 15.4 Å². The Morgan fingerprint density at radius 2 is 1.58 bits per heavy atom. The van der Waals surface area contributed by atoms with Crippen LogP contribution in [0.15, 0.2) is 54.6 Å². The van der Waals surface area contributed by atoms with Crippen molar-refractivity contribution in [2.75, 3.05) is 17.2 Å². The Bertz CT molecular complexity index is 671. The fourth-order valence-electron chi connectivity index (χ4n) is 2.10. The second-order valence-electron chi connectivity index (χ2n) is 5.38. The molecule has 5 heteroatoms. The summed E-state index contributed by atoms with van der Waals surface area (Å²) in [5.74, 6) is 0.366. The Hall–Kier alpha value is -2.82. The minimum atomic E-state index is -0.256. The zero-order valence-electron chi connectivity index (χ0n) is 13.7. The minimum Gasteiger partial charge on any atom is -0.484 e. The number of benzene rings is 2. The normalized spacial score (nSPS) is 10.0. The summed E-state index contributed by atoms with van der Waals surface area (Å²) in [5.41, 5.74) is 1.28. The maximum atomic E-state index is 11.9. The van der Waals surface area contributed by atoms with Crippen molar-refractivity contribution in [1.82, 2.24) is 0 Å². The molecule has 2 rings (SSSR count). The van der Waals surface area contributed by atoms with Crippen LogP contribution in [0.25, 0.3) is 0 Å². The molecule has 0 aliphatic heterocycles. The molecule has 24 heavy (non-hydrogen) atoms. The van der Waals surface area contributed by atoms with Gasteiger partial charge in [-0.15, -0.1) is 0 Å². The Balaban J connectivity index is 1.84. The Morgan fingerprint density at radius 1 is 0.917 bits per heavy atom. The van der Waals surface area contributed by atoms with Crippen molar-refractivity contribution in [3.05, 3.63) is 54.6 Å². The largest absolute Gasteiger partial charge is 0.484 e. The molecule has 2 aromatic carbocycles. The predicted molar refractivity (Wildman–Crippen MR) is 95.2 cm³/mol. The van der Waals surface area contributed by atoms with Crippen LogP contribution in [0.5, 0.6) is 5.75 Å². The number of hydrogen-bond acceptors (Lipinski definition) is 3. The summed E-state index contributed by atoms with van der Waals surface area (Å²) in [7, 11) is 0. The van der Waals surface area contributed by atoms with Gasteiger partial charge in [0.05, 0.1) is 0 Å². The highest BCUT2D eigenvalue weighted by atomic mass is 16.5. The highest BCUT2D eigenvalue weighted by Gasteiger charge is 2.06. The molecule has 0 heterocycles. The highest BCUT2D eigenvalue weighted by Crippen LogP contribution is 2.16. The number of carbonyl (C=O) groups excluding carboxylic acids is 2. The summed E-state index contributed by atoms with van der Waals surface area (Å²) in [6.07, 6.45) is 2.34. The molecule has 2 amide bonds. The molecule has 2 aromatic rings. The van der Waals surface area contributed by atoms with Gasteiger partial charge in [0, 0.05) is 17.8 Å². The third kappa shape index (κ3) is 6.12. The SMILES string of the molecule is CCCCC(=O)Nc1cccc(NC(=O)COc2ccccc2)c1. The summed E-state index contributed by atoms with van der Waals surface area (Å²) in [6.45, 7) is 1.97. The maximum absolute atomic E-state index is 11.9. The lowest BCUT2D eigenvalue weighted by Crippen LogP contribution is -2.20. The summed E-state index contributed by atoms with van der Waals surface area (Å²) in [4.78, 5) is 23.7. The molecule has 5 nitrogen and oxygen atoms in total. The van der Waals surface area contributed by atoms with E-state index in [4.69, 9.17) is 4.74 Å². The van der Waals surface area contributed by atoms with Gasteiger partial charge >= 0.3 is 0 Å². The average Bonchev–Trinajstić information content (AvgIpc) is 2.59. The number of nitrogens with one attached hydrogen (secondary N) is 2. The van der Waals surface area contributed by atoms with Crippen LogP contribution in [0.3, 0.4) is 0 Å². The third-order valence-corrected chi connectivity index (χ3v) is 3.30. The summed E-state index contributed by atoms with van der Waals surface area (Å²) in [5, 5.41) is 5.58. The number of rotatable bonds is 8. The first-order valence-electron chi connectivity index (χ1n) is 8.05. The van der Waals surface area contributed by atoms with Crippen LogP contribution in [0.1, 0.15) is 26.2 Å². The van der Waals surface area contributed by atoms with Gasteiger partial charge in [-0.05, 0) is 36.8 Å². The van der Waals surface area contributed by atoms with E-state index in [0.29, 0.717) is 23.5 Å². The minimum absolute atomic E-state index is 0.0206. The molecule has 0 saturated heterocycles. The van der Waals surface area contributed by atoms with E-state index in [0.717, 1.165) is 12.8 Å². The maximum Gasteiger partial charge on any atom is 0.262 e. The van der Waals surface area contributed by atoms with E-state index in [9.17, 15) is 9.59 Å². The van der Waals surface area contributed by atoms with Gasteiger partial charge in [-0.2, -0.15) is 0 Å². The summed E-state index contributed by atoms with van der Waals surface area (Å²) >= 11 is 0. The molecule has 0 aromatic heterocycles. The lowest BCUT2D eigenvalue weighted by Gasteiger charge is -2.09.